The number of carbonyl (C=O) groups is 2. The minimum absolute atomic E-state index is 0.0935. The van der Waals surface area contributed by atoms with Crippen LogP contribution in [-0.2, 0) is 22.6 Å². The Morgan fingerprint density at radius 3 is 2.42 bits per heavy atom. The zero-order valence-electron chi connectivity index (χ0n) is 14.8. The molecule has 1 N–H and O–H groups in total. The standard InChI is InChI=1S/C20H22FNO4/c1-14(20(24)25)22(13-16-6-4-3-5-7-16)19(23)11-9-15-8-10-18(26-2)17(21)12-15/h3-8,10,12,14H,9,11,13H2,1-2H3,(H,24,25). The molecule has 0 radical (unpaired) electrons. The highest BCUT2D eigenvalue weighted by Crippen LogP contribution is 2.19. The van der Waals surface area contributed by atoms with Gasteiger partial charge in [-0.1, -0.05) is 36.4 Å². The Morgan fingerprint density at radius 1 is 1.15 bits per heavy atom. The number of ether oxygens (including phenoxy) is 1. The molecule has 138 valence electrons. The van der Waals surface area contributed by atoms with Crippen molar-refractivity contribution in [2.45, 2.75) is 32.4 Å². The van der Waals surface area contributed by atoms with Crippen molar-refractivity contribution in [1.29, 1.82) is 0 Å². The summed E-state index contributed by atoms with van der Waals surface area (Å²) >= 11 is 0. The summed E-state index contributed by atoms with van der Waals surface area (Å²) in [5.74, 6) is -1.70. The second-order valence-electron chi connectivity index (χ2n) is 5.99. The Kier molecular flexibility index (Phi) is 6.72. The normalized spacial score (nSPS) is 11.7. The van der Waals surface area contributed by atoms with Crippen molar-refractivity contribution in [2.75, 3.05) is 7.11 Å². The fourth-order valence-electron chi connectivity index (χ4n) is 2.61. The van der Waals surface area contributed by atoms with Crippen LogP contribution in [-0.4, -0.2) is 35.0 Å². The molecule has 0 bridgehead atoms. The van der Waals surface area contributed by atoms with E-state index in [0.717, 1.165) is 5.56 Å². The minimum Gasteiger partial charge on any atom is -0.494 e. The third kappa shape index (κ3) is 5.05. The second kappa shape index (κ2) is 8.99. The molecule has 26 heavy (non-hydrogen) atoms. The summed E-state index contributed by atoms with van der Waals surface area (Å²) < 4.78 is 18.6. The molecule has 0 aromatic heterocycles. The number of carboxylic acid groups (broad SMARTS) is 1. The average molecular weight is 359 g/mol. The number of amides is 1. The van der Waals surface area contributed by atoms with Gasteiger partial charge in [0.15, 0.2) is 11.6 Å². The van der Waals surface area contributed by atoms with Gasteiger partial charge < -0.3 is 14.7 Å². The third-order valence-corrected chi connectivity index (χ3v) is 4.18. The molecule has 5 nitrogen and oxygen atoms in total. The maximum atomic E-state index is 13.8. The van der Waals surface area contributed by atoms with Crippen molar-refractivity contribution in [3.63, 3.8) is 0 Å². The van der Waals surface area contributed by atoms with Crippen LogP contribution in [0, 0.1) is 5.82 Å². The average Bonchev–Trinajstić information content (AvgIpc) is 2.64. The molecule has 0 saturated carbocycles. The summed E-state index contributed by atoms with van der Waals surface area (Å²) in [6, 6.07) is 12.8. The molecule has 1 amide bonds. The maximum absolute atomic E-state index is 13.8. The quantitative estimate of drug-likeness (QED) is 0.786. The van der Waals surface area contributed by atoms with E-state index in [1.165, 1.54) is 31.1 Å². The lowest BCUT2D eigenvalue weighted by molar-refractivity contribution is -0.150. The van der Waals surface area contributed by atoms with Gasteiger partial charge >= 0.3 is 5.97 Å². The molecule has 2 rings (SSSR count). The molecule has 0 spiro atoms. The van der Waals surface area contributed by atoms with Crippen molar-refractivity contribution in [1.82, 2.24) is 4.90 Å². The SMILES string of the molecule is COc1ccc(CCC(=O)N(Cc2ccccc2)C(C)C(=O)O)cc1F. The number of methoxy groups -OCH3 is 1. The van der Waals surface area contributed by atoms with Gasteiger partial charge in [-0.05, 0) is 36.6 Å². The van der Waals surface area contributed by atoms with Gasteiger partial charge in [0.1, 0.15) is 6.04 Å². The van der Waals surface area contributed by atoms with Gasteiger partial charge in [-0.25, -0.2) is 9.18 Å². The Hall–Kier alpha value is -2.89. The van der Waals surface area contributed by atoms with Gasteiger partial charge in [-0.2, -0.15) is 0 Å². The first-order chi connectivity index (χ1) is 12.4. The van der Waals surface area contributed by atoms with Crippen LogP contribution in [0.15, 0.2) is 48.5 Å². The van der Waals surface area contributed by atoms with Gasteiger partial charge in [-0.3, -0.25) is 4.79 Å². The lowest BCUT2D eigenvalue weighted by atomic mass is 10.1. The zero-order chi connectivity index (χ0) is 19.1. The predicted molar refractivity (Wildman–Crippen MR) is 95.4 cm³/mol. The number of carboxylic acids is 1. The van der Waals surface area contributed by atoms with E-state index < -0.39 is 17.8 Å². The summed E-state index contributed by atoms with van der Waals surface area (Å²) in [7, 11) is 1.39. The fraction of sp³-hybridized carbons (Fsp3) is 0.300. The number of aryl methyl sites for hydroxylation is 1. The van der Waals surface area contributed by atoms with Gasteiger partial charge in [0.05, 0.1) is 7.11 Å². The lowest BCUT2D eigenvalue weighted by Crippen LogP contribution is -2.42. The van der Waals surface area contributed by atoms with Crippen LogP contribution in [0.4, 0.5) is 4.39 Å². The number of nitrogens with zero attached hydrogens (tertiary/aromatic N) is 1. The number of hydrogen-bond donors (Lipinski definition) is 1. The van der Waals surface area contributed by atoms with Crippen LogP contribution in [0.25, 0.3) is 0 Å². The van der Waals surface area contributed by atoms with Crippen LogP contribution in [0.5, 0.6) is 5.75 Å². The Bertz CT molecular complexity index is 764. The van der Waals surface area contributed by atoms with Crippen LogP contribution < -0.4 is 4.74 Å². The number of aliphatic carboxylic acids is 1. The van der Waals surface area contributed by atoms with E-state index in [2.05, 4.69) is 0 Å². The number of halogens is 1. The van der Waals surface area contributed by atoms with Crippen molar-refractivity contribution in [2.24, 2.45) is 0 Å². The number of carbonyl (C=O) groups excluding carboxylic acids is 1. The van der Waals surface area contributed by atoms with E-state index >= 15 is 0 Å². The van der Waals surface area contributed by atoms with E-state index in [9.17, 15) is 19.1 Å². The van der Waals surface area contributed by atoms with Gasteiger partial charge in [0.2, 0.25) is 5.91 Å². The van der Waals surface area contributed by atoms with Crippen molar-refractivity contribution < 1.29 is 23.8 Å². The molecular formula is C20H22FNO4. The van der Waals surface area contributed by atoms with Crippen LogP contribution >= 0.6 is 0 Å². The van der Waals surface area contributed by atoms with Crippen molar-refractivity contribution in [3.8, 4) is 5.75 Å². The van der Waals surface area contributed by atoms with Crippen molar-refractivity contribution in [3.05, 3.63) is 65.5 Å². The molecule has 1 atom stereocenters. The van der Waals surface area contributed by atoms with E-state index in [-0.39, 0.29) is 24.6 Å². The highest BCUT2D eigenvalue weighted by atomic mass is 19.1. The van der Waals surface area contributed by atoms with E-state index in [1.54, 1.807) is 6.07 Å². The maximum Gasteiger partial charge on any atom is 0.326 e. The molecule has 0 aliphatic carbocycles. The Balaban J connectivity index is 2.08. The zero-order valence-corrected chi connectivity index (χ0v) is 14.8. The van der Waals surface area contributed by atoms with Gasteiger partial charge in [0, 0.05) is 13.0 Å². The molecule has 2 aromatic carbocycles. The summed E-state index contributed by atoms with van der Waals surface area (Å²) in [5.41, 5.74) is 1.50. The van der Waals surface area contributed by atoms with Gasteiger partial charge in [0.25, 0.3) is 0 Å². The molecule has 0 heterocycles. The molecule has 0 saturated heterocycles. The smallest absolute Gasteiger partial charge is 0.326 e. The summed E-state index contributed by atoms with van der Waals surface area (Å²) in [6.45, 7) is 1.69. The molecule has 0 aliphatic rings. The first kappa shape index (κ1) is 19.4. The molecule has 0 fully saturated rings. The topological polar surface area (TPSA) is 66.8 Å². The van der Waals surface area contributed by atoms with E-state index in [1.807, 2.05) is 30.3 Å². The van der Waals surface area contributed by atoms with Gasteiger partial charge in [-0.15, -0.1) is 0 Å². The number of rotatable bonds is 8. The van der Waals surface area contributed by atoms with Crippen LogP contribution in [0.2, 0.25) is 0 Å². The molecule has 6 heteroatoms. The first-order valence-corrected chi connectivity index (χ1v) is 8.31. The highest BCUT2D eigenvalue weighted by Gasteiger charge is 2.25. The Morgan fingerprint density at radius 2 is 1.85 bits per heavy atom. The minimum atomic E-state index is -1.07. The molecule has 2 aromatic rings. The summed E-state index contributed by atoms with van der Waals surface area (Å²) in [6.07, 6.45) is 0.410. The molecular weight excluding hydrogens is 337 g/mol. The molecule has 1 unspecified atom stereocenters. The summed E-state index contributed by atoms with van der Waals surface area (Å²) in [4.78, 5) is 25.3. The third-order valence-electron chi connectivity index (χ3n) is 4.18. The largest absolute Gasteiger partial charge is 0.494 e. The molecule has 0 aliphatic heterocycles. The van der Waals surface area contributed by atoms with E-state index in [0.29, 0.717) is 12.0 Å². The number of benzene rings is 2. The van der Waals surface area contributed by atoms with Crippen LogP contribution in [0.3, 0.4) is 0 Å². The van der Waals surface area contributed by atoms with Crippen molar-refractivity contribution >= 4 is 11.9 Å². The van der Waals surface area contributed by atoms with Crippen LogP contribution in [0.1, 0.15) is 24.5 Å². The lowest BCUT2D eigenvalue weighted by Gasteiger charge is -2.27. The summed E-state index contributed by atoms with van der Waals surface area (Å²) in [5, 5.41) is 9.30. The van der Waals surface area contributed by atoms with E-state index in [4.69, 9.17) is 4.74 Å². The Labute approximate surface area is 152 Å². The monoisotopic (exact) mass is 359 g/mol. The second-order valence-corrected chi connectivity index (χ2v) is 5.99. The predicted octanol–water partition coefficient (Wildman–Crippen LogP) is 3.27. The fourth-order valence-corrected chi connectivity index (χ4v) is 2.61. The number of hydrogen-bond acceptors (Lipinski definition) is 3. The first-order valence-electron chi connectivity index (χ1n) is 8.31. The highest BCUT2D eigenvalue weighted by molar-refractivity contribution is 5.83.